The molecular formula is C16H13BrCl2O2. The standard InChI is InChI=1S/C16H13BrCl2O2/c17-13-6-10-4-5-20-15(10)12(7-13)9-21-16-11(8-18)2-1-3-14(16)19/h1-3,6-7H,4-5,8-9H2. The van der Waals surface area contributed by atoms with E-state index in [9.17, 15) is 0 Å². The van der Waals surface area contributed by atoms with E-state index in [0.717, 1.165) is 34.4 Å². The molecule has 0 saturated heterocycles. The second kappa shape index (κ2) is 6.47. The van der Waals surface area contributed by atoms with Crippen LogP contribution in [0, 0.1) is 0 Å². The van der Waals surface area contributed by atoms with Crippen molar-refractivity contribution in [2.75, 3.05) is 6.61 Å². The second-order valence-corrected chi connectivity index (χ2v) is 6.39. The van der Waals surface area contributed by atoms with Crippen molar-refractivity contribution in [2.45, 2.75) is 18.9 Å². The van der Waals surface area contributed by atoms with Crippen LogP contribution >= 0.6 is 39.1 Å². The first kappa shape index (κ1) is 15.0. The Morgan fingerprint density at radius 3 is 2.90 bits per heavy atom. The van der Waals surface area contributed by atoms with E-state index in [1.54, 1.807) is 6.07 Å². The molecule has 0 spiro atoms. The fraction of sp³-hybridized carbons (Fsp3) is 0.250. The van der Waals surface area contributed by atoms with E-state index in [1.807, 2.05) is 18.2 Å². The zero-order valence-corrected chi connectivity index (χ0v) is 14.3. The van der Waals surface area contributed by atoms with Crippen LogP contribution in [0.15, 0.2) is 34.8 Å². The molecule has 0 N–H and O–H groups in total. The minimum atomic E-state index is 0.364. The third-order valence-corrected chi connectivity index (χ3v) is 4.43. The van der Waals surface area contributed by atoms with Crippen molar-refractivity contribution < 1.29 is 9.47 Å². The number of fused-ring (bicyclic) bond motifs is 1. The molecule has 2 aromatic rings. The zero-order valence-electron chi connectivity index (χ0n) is 11.2. The van der Waals surface area contributed by atoms with Crippen LogP contribution in [0.5, 0.6) is 11.5 Å². The SMILES string of the molecule is ClCc1cccc(Cl)c1OCc1cc(Br)cc2c1OCC2. The van der Waals surface area contributed by atoms with Gasteiger partial charge in [-0.1, -0.05) is 39.7 Å². The molecule has 5 heteroatoms. The van der Waals surface area contributed by atoms with Gasteiger partial charge in [0.05, 0.1) is 17.5 Å². The van der Waals surface area contributed by atoms with Gasteiger partial charge in [0.1, 0.15) is 18.1 Å². The maximum Gasteiger partial charge on any atom is 0.142 e. The molecule has 110 valence electrons. The van der Waals surface area contributed by atoms with E-state index in [2.05, 4.69) is 22.0 Å². The first-order valence-corrected chi connectivity index (χ1v) is 8.30. The van der Waals surface area contributed by atoms with Gasteiger partial charge in [-0.25, -0.2) is 0 Å². The van der Waals surface area contributed by atoms with Crippen molar-refractivity contribution in [3.05, 3.63) is 56.5 Å². The van der Waals surface area contributed by atoms with Crippen LogP contribution in [0.25, 0.3) is 0 Å². The fourth-order valence-electron chi connectivity index (χ4n) is 2.42. The van der Waals surface area contributed by atoms with Crippen LogP contribution < -0.4 is 9.47 Å². The maximum absolute atomic E-state index is 6.20. The summed E-state index contributed by atoms with van der Waals surface area (Å²) >= 11 is 15.7. The van der Waals surface area contributed by atoms with Gasteiger partial charge >= 0.3 is 0 Å². The third-order valence-electron chi connectivity index (χ3n) is 3.39. The predicted molar refractivity (Wildman–Crippen MR) is 88.7 cm³/mol. The topological polar surface area (TPSA) is 18.5 Å². The number of ether oxygens (including phenoxy) is 2. The lowest BCUT2D eigenvalue weighted by molar-refractivity contribution is 0.290. The summed E-state index contributed by atoms with van der Waals surface area (Å²) in [7, 11) is 0. The number of para-hydroxylation sites is 1. The van der Waals surface area contributed by atoms with Crippen LogP contribution in [-0.2, 0) is 18.9 Å². The van der Waals surface area contributed by atoms with E-state index < -0.39 is 0 Å². The van der Waals surface area contributed by atoms with Gasteiger partial charge in [-0.2, -0.15) is 0 Å². The molecule has 0 radical (unpaired) electrons. The second-order valence-electron chi connectivity index (χ2n) is 4.80. The molecule has 2 nitrogen and oxygen atoms in total. The Hall–Kier alpha value is -0.900. The number of alkyl halides is 1. The summed E-state index contributed by atoms with van der Waals surface area (Å²) in [6.07, 6.45) is 0.931. The Morgan fingerprint density at radius 1 is 1.24 bits per heavy atom. The van der Waals surface area contributed by atoms with Gasteiger partial charge in [0, 0.05) is 22.0 Å². The van der Waals surface area contributed by atoms with E-state index in [-0.39, 0.29) is 0 Å². The monoisotopic (exact) mass is 386 g/mol. The summed E-state index contributed by atoms with van der Waals surface area (Å²) in [5, 5.41) is 0.570. The molecule has 1 aliphatic heterocycles. The molecule has 0 fully saturated rings. The lowest BCUT2D eigenvalue weighted by atomic mass is 10.1. The highest BCUT2D eigenvalue weighted by atomic mass is 79.9. The molecular weight excluding hydrogens is 375 g/mol. The van der Waals surface area contributed by atoms with Crippen LogP contribution in [0.4, 0.5) is 0 Å². The maximum atomic E-state index is 6.20. The molecule has 1 aliphatic rings. The molecule has 0 atom stereocenters. The van der Waals surface area contributed by atoms with E-state index >= 15 is 0 Å². The summed E-state index contributed by atoms with van der Waals surface area (Å²) < 4.78 is 12.6. The molecule has 0 aromatic heterocycles. The number of rotatable bonds is 4. The molecule has 3 rings (SSSR count). The van der Waals surface area contributed by atoms with Crippen molar-refractivity contribution in [3.63, 3.8) is 0 Å². The fourth-order valence-corrected chi connectivity index (χ4v) is 3.44. The van der Waals surface area contributed by atoms with Gasteiger partial charge in [0.15, 0.2) is 0 Å². The van der Waals surface area contributed by atoms with Gasteiger partial charge < -0.3 is 9.47 Å². The lowest BCUT2D eigenvalue weighted by Crippen LogP contribution is -2.01. The first-order chi connectivity index (χ1) is 10.2. The Morgan fingerprint density at radius 2 is 2.10 bits per heavy atom. The molecule has 0 amide bonds. The van der Waals surface area contributed by atoms with Gasteiger partial charge in [0.25, 0.3) is 0 Å². The number of hydrogen-bond donors (Lipinski definition) is 0. The average molecular weight is 388 g/mol. The average Bonchev–Trinajstić information content (AvgIpc) is 2.93. The lowest BCUT2D eigenvalue weighted by Gasteiger charge is -2.14. The summed E-state index contributed by atoms with van der Waals surface area (Å²) in [6, 6.07) is 9.69. The minimum Gasteiger partial charge on any atom is -0.493 e. The first-order valence-electron chi connectivity index (χ1n) is 6.59. The van der Waals surface area contributed by atoms with Gasteiger partial charge in [-0.15, -0.1) is 11.6 Å². The van der Waals surface area contributed by atoms with Crippen molar-refractivity contribution >= 4 is 39.1 Å². The molecule has 21 heavy (non-hydrogen) atoms. The number of hydrogen-bond acceptors (Lipinski definition) is 2. The number of benzene rings is 2. The Labute approximate surface area is 142 Å². The van der Waals surface area contributed by atoms with Gasteiger partial charge in [-0.3, -0.25) is 0 Å². The highest BCUT2D eigenvalue weighted by Gasteiger charge is 2.18. The van der Waals surface area contributed by atoms with Crippen molar-refractivity contribution in [1.29, 1.82) is 0 Å². The highest BCUT2D eigenvalue weighted by molar-refractivity contribution is 9.10. The van der Waals surface area contributed by atoms with Crippen LogP contribution in [0.1, 0.15) is 16.7 Å². The van der Waals surface area contributed by atoms with Crippen molar-refractivity contribution in [2.24, 2.45) is 0 Å². The third kappa shape index (κ3) is 3.15. The molecule has 0 bridgehead atoms. The number of halogens is 3. The Kier molecular flexibility index (Phi) is 4.63. The highest BCUT2D eigenvalue weighted by Crippen LogP contribution is 2.35. The minimum absolute atomic E-state index is 0.364. The van der Waals surface area contributed by atoms with E-state index in [1.165, 1.54) is 5.56 Å². The summed E-state index contributed by atoms with van der Waals surface area (Å²) in [6.45, 7) is 1.12. The molecule has 0 saturated carbocycles. The molecule has 2 aromatic carbocycles. The molecule has 0 unspecified atom stereocenters. The Balaban J connectivity index is 1.86. The normalized spacial score (nSPS) is 12.9. The van der Waals surface area contributed by atoms with Crippen LogP contribution in [-0.4, -0.2) is 6.61 Å². The van der Waals surface area contributed by atoms with Gasteiger partial charge in [0.2, 0.25) is 0 Å². The quantitative estimate of drug-likeness (QED) is 0.658. The Bertz CT molecular complexity index is 674. The predicted octanol–water partition coefficient (Wildman–Crippen LogP) is 5.36. The smallest absolute Gasteiger partial charge is 0.142 e. The molecule has 0 aliphatic carbocycles. The van der Waals surface area contributed by atoms with Gasteiger partial charge in [-0.05, 0) is 23.8 Å². The largest absolute Gasteiger partial charge is 0.493 e. The summed E-state index contributed by atoms with van der Waals surface area (Å²) in [4.78, 5) is 0. The zero-order chi connectivity index (χ0) is 14.8. The van der Waals surface area contributed by atoms with Crippen molar-refractivity contribution in [3.8, 4) is 11.5 Å². The summed E-state index contributed by atoms with van der Waals surface area (Å²) in [5.41, 5.74) is 3.11. The van der Waals surface area contributed by atoms with Crippen molar-refractivity contribution in [1.82, 2.24) is 0 Å². The molecule has 1 heterocycles. The van der Waals surface area contributed by atoms with Crippen LogP contribution in [0.2, 0.25) is 5.02 Å². The van der Waals surface area contributed by atoms with E-state index in [0.29, 0.717) is 23.3 Å². The summed E-state index contributed by atoms with van der Waals surface area (Å²) in [5.74, 6) is 1.93. The van der Waals surface area contributed by atoms with Crippen LogP contribution in [0.3, 0.4) is 0 Å². The van der Waals surface area contributed by atoms with E-state index in [4.69, 9.17) is 32.7 Å².